The van der Waals surface area contributed by atoms with Gasteiger partial charge in [-0.3, -0.25) is 18.9 Å². The first-order valence-electron chi connectivity index (χ1n) is 6.74. The zero-order valence-corrected chi connectivity index (χ0v) is 12.8. The monoisotopic (exact) mass is 351 g/mol. The molecule has 0 bridgehead atoms. The SMILES string of the molecule is NCCP(=O)(O)OC[C@H]1O[C@@H](n2ccc(=O)[nH]c2=O)[C@H](O)[C@@H]1O. The number of rotatable bonds is 6. The Bertz CT molecular complexity index is 703. The molecule has 6 N–H and O–H groups in total. The van der Waals surface area contributed by atoms with Crippen molar-refractivity contribution in [1.82, 2.24) is 9.55 Å². The Labute approximate surface area is 129 Å². The molecule has 0 saturated carbocycles. The van der Waals surface area contributed by atoms with E-state index in [9.17, 15) is 29.3 Å². The molecule has 23 heavy (non-hydrogen) atoms. The number of nitrogens with two attached hydrogens (primary N) is 1. The molecule has 130 valence electrons. The van der Waals surface area contributed by atoms with Crippen LogP contribution in [-0.4, -0.2) is 62.3 Å². The highest BCUT2D eigenvalue weighted by Gasteiger charge is 2.44. The van der Waals surface area contributed by atoms with Gasteiger partial charge < -0.3 is 30.1 Å². The molecule has 5 atom stereocenters. The Hall–Kier alpha value is -1.33. The van der Waals surface area contributed by atoms with Gasteiger partial charge in [0.25, 0.3) is 5.56 Å². The van der Waals surface area contributed by atoms with E-state index in [1.54, 1.807) is 0 Å². The van der Waals surface area contributed by atoms with Crippen molar-refractivity contribution in [2.75, 3.05) is 19.3 Å². The van der Waals surface area contributed by atoms with E-state index in [-0.39, 0.29) is 12.7 Å². The zero-order valence-electron chi connectivity index (χ0n) is 11.9. The minimum absolute atomic E-state index is 0.0557. The van der Waals surface area contributed by atoms with Gasteiger partial charge >= 0.3 is 13.3 Å². The minimum atomic E-state index is -3.91. The van der Waals surface area contributed by atoms with Crippen LogP contribution >= 0.6 is 7.60 Å². The van der Waals surface area contributed by atoms with Crippen LogP contribution in [0.1, 0.15) is 6.23 Å². The molecule has 12 heteroatoms. The van der Waals surface area contributed by atoms with Crippen LogP contribution in [0, 0.1) is 0 Å². The average molecular weight is 351 g/mol. The van der Waals surface area contributed by atoms with E-state index in [4.69, 9.17) is 15.0 Å². The summed E-state index contributed by atoms with van der Waals surface area (Å²) >= 11 is 0. The molecule has 1 unspecified atom stereocenters. The van der Waals surface area contributed by atoms with Crippen LogP contribution in [0.2, 0.25) is 0 Å². The lowest BCUT2D eigenvalue weighted by Gasteiger charge is -2.17. The normalized spacial score (nSPS) is 30.3. The molecule has 1 aromatic rings. The number of nitrogens with one attached hydrogen (secondary N) is 1. The number of aliphatic hydroxyl groups is 2. The summed E-state index contributed by atoms with van der Waals surface area (Å²) in [6, 6.07) is 1.05. The highest BCUT2D eigenvalue weighted by molar-refractivity contribution is 7.52. The number of hydrogen-bond donors (Lipinski definition) is 5. The molecule has 1 aliphatic heterocycles. The van der Waals surface area contributed by atoms with Crippen molar-refractivity contribution in [2.24, 2.45) is 5.73 Å². The topological polar surface area (TPSA) is 177 Å². The summed E-state index contributed by atoms with van der Waals surface area (Å²) in [6.07, 6.45) is -4.49. The van der Waals surface area contributed by atoms with E-state index in [0.29, 0.717) is 0 Å². The van der Waals surface area contributed by atoms with Gasteiger partial charge in [-0.2, -0.15) is 0 Å². The van der Waals surface area contributed by atoms with Gasteiger partial charge in [0.15, 0.2) is 6.23 Å². The molecule has 2 heterocycles. The van der Waals surface area contributed by atoms with Crippen molar-refractivity contribution in [2.45, 2.75) is 24.5 Å². The number of aromatic amines is 1. The fraction of sp³-hybridized carbons (Fsp3) is 0.636. The predicted octanol–water partition coefficient (Wildman–Crippen LogP) is -2.68. The van der Waals surface area contributed by atoms with Gasteiger partial charge in [-0.05, 0) is 0 Å². The summed E-state index contributed by atoms with van der Waals surface area (Å²) in [7, 11) is -3.91. The smallest absolute Gasteiger partial charge is 0.330 e. The van der Waals surface area contributed by atoms with Gasteiger partial charge in [-0.1, -0.05) is 0 Å². The average Bonchev–Trinajstić information content (AvgIpc) is 2.73. The number of aliphatic hydroxyl groups excluding tert-OH is 2. The second kappa shape index (κ2) is 7.05. The lowest BCUT2D eigenvalue weighted by Crippen LogP contribution is -2.37. The van der Waals surface area contributed by atoms with E-state index < -0.39 is 50.0 Å². The fourth-order valence-electron chi connectivity index (χ4n) is 2.14. The molecule has 0 aromatic carbocycles. The lowest BCUT2D eigenvalue weighted by atomic mass is 10.1. The van der Waals surface area contributed by atoms with Gasteiger partial charge in [0, 0.05) is 18.8 Å². The maximum Gasteiger partial charge on any atom is 0.330 e. The van der Waals surface area contributed by atoms with Gasteiger partial charge in [0.05, 0.1) is 12.8 Å². The molecule has 0 spiro atoms. The molecular weight excluding hydrogens is 333 g/mol. The highest BCUT2D eigenvalue weighted by Crippen LogP contribution is 2.42. The van der Waals surface area contributed by atoms with Crippen LogP contribution in [-0.2, 0) is 13.8 Å². The molecule has 1 aliphatic rings. The van der Waals surface area contributed by atoms with Crippen LogP contribution in [0.5, 0.6) is 0 Å². The van der Waals surface area contributed by atoms with Crippen LogP contribution in [0.25, 0.3) is 0 Å². The molecule has 0 radical (unpaired) electrons. The number of hydrogen-bond acceptors (Lipinski definition) is 8. The number of aromatic nitrogens is 2. The van der Waals surface area contributed by atoms with Crippen molar-refractivity contribution >= 4 is 7.60 Å². The zero-order chi connectivity index (χ0) is 17.2. The van der Waals surface area contributed by atoms with Gasteiger partial charge in [0.1, 0.15) is 18.3 Å². The molecule has 1 saturated heterocycles. The standard InChI is InChI=1S/C11H18N3O8P/c12-2-4-23(19,20)21-5-6-8(16)9(17)10(22-6)14-3-1-7(15)13-11(14)18/h1,3,6,8-10,16-17H,2,4-5,12H2,(H,19,20)(H,13,15,18)/t6-,8-,9-,10-/m1/s1. The summed E-state index contributed by atoms with van der Waals surface area (Å²) in [4.78, 5) is 34.2. The van der Waals surface area contributed by atoms with E-state index in [1.807, 2.05) is 4.98 Å². The molecule has 0 amide bonds. The maximum absolute atomic E-state index is 11.7. The Morgan fingerprint density at radius 3 is 2.70 bits per heavy atom. The third-order valence-corrected chi connectivity index (χ3v) is 4.69. The van der Waals surface area contributed by atoms with Crippen LogP contribution in [0.4, 0.5) is 0 Å². The van der Waals surface area contributed by atoms with Crippen LogP contribution in [0.15, 0.2) is 21.9 Å². The summed E-state index contributed by atoms with van der Waals surface area (Å²) in [6.45, 7) is -0.527. The Balaban J connectivity index is 2.10. The van der Waals surface area contributed by atoms with Gasteiger partial charge in [-0.25, -0.2) is 4.79 Å². The third kappa shape index (κ3) is 4.15. The fourth-order valence-corrected chi connectivity index (χ4v) is 2.98. The van der Waals surface area contributed by atoms with Crippen molar-refractivity contribution in [1.29, 1.82) is 0 Å². The molecule has 0 aliphatic carbocycles. The van der Waals surface area contributed by atoms with Crippen molar-refractivity contribution < 1.29 is 28.9 Å². The Morgan fingerprint density at radius 2 is 2.09 bits per heavy atom. The second-order valence-electron chi connectivity index (χ2n) is 5.01. The highest BCUT2D eigenvalue weighted by atomic mass is 31.2. The van der Waals surface area contributed by atoms with Crippen molar-refractivity contribution in [3.8, 4) is 0 Å². The predicted molar refractivity (Wildman–Crippen MR) is 76.9 cm³/mol. The Kier molecular flexibility index (Phi) is 5.53. The summed E-state index contributed by atoms with van der Waals surface area (Å²) < 4.78 is 22.6. The summed E-state index contributed by atoms with van der Waals surface area (Å²) in [5.41, 5.74) is 3.72. The van der Waals surface area contributed by atoms with Gasteiger partial charge in [0.2, 0.25) is 0 Å². The molecular formula is C11H18N3O8P. The quantitative estimate of drug-likeness (QED) is 0.342. The van der Waals surface area contributed by atoms with E-state index in [0.717, 1.165) is 16.8 Å². The van der Waals surface area contributed by atoms with Crippen molar-refractivity contribution in [3.05, 3.63) is 33.1 Å². The molecule has 1 fully saturated rings. The van der Waals surface area contributed by atoms with Crippen LogP contribution < -0.4 is 17.0 Å². The largest absolute Gasteiger partial charge is 0.387 e. The summed E-state index contributed by atoms with van der Waals surface area (Å²) in [5, 5.41) is 19.9. The van der Waals surface area contributed by atoms with Crippen LogP contribution in [0.3, 0.4) is 0 Å². The van der Waals surface area contributed by atoms with E-state index in [2.05, 4.69) is 0 Å². The molecule has 2 rings (SSSR count). The van der Waals surface area contributed by atoms with E-state index >= 15 is 0 Å². The number of ether oxygens (including phenoxy) is 1. The Morgan fingerprint density at radius 1 is 1.39 bits per heavy atom. The maximum atomic E-state index is 11.7. The number of nitrogens with zero attached hydrogens (tertiary/aromatic N) is 1. The first-order chi connectivity index (χ1) is 10.7. The minimum Gasteiger partial charge on any atom is -0.387 e. The lowest BCUT2D eigenvalue weighted by molar-refractivity contribution is -0.0525. The first kappa shape index (κ1) is 18.0. The summed E-state index contributed by atoms with van der Waals surface area (Å²) in [5.74, 6) is 0. The molecule has 1 aromatic heterocycles. The molecule has 11 nitrogen and oxygen atoms in total. The van der Waals surface area contributed by atoms with Crippen molar-refractivity contribution in [3.63, 3.8) is 0 Å². The third-order valence-electron chi connectivity index (χ3n) is 3.31. The first-order valence-corrected chi connectivity index (χ1v) is 8.51. The second-order valence-corrected chi connectivity index (χ2v) is 6.99. The van der Waals surface area contributed by atoms with E-state index in [1.165, 1.54) is 0 Å². The number of H-pyrrole nitrogens is 1. The van der Waals surface area contributed by atoms with Gasteiger partial charge in [-0.15, -0.1) is 0 Å².